The van der Waals surface area contributed by atoms with Gasteiger partial charge in [-0.1, -0.05) is 138 Å². The average molecular weight is 599 g/mol. The zero-order valence-electron chi connectivity index (χ0n) is 33.0. The van der Waals surface area contributed by atoms with Crippen LogP contribution in [0.15, 0.2) is 0 Å². The molecular formula is C43H82. The zero-order chi connectivity index (χ0) is 33.0. The second-order valence-electron chi connectivity index (χ2n) is 19.8. The molecule has 254 valence electrons. The van der Waals surface area contributed by atoms with Crippen LogP contribution in [0, 0.1) is 130 Å². The molecule has 0 spiro atoms. The van der Waals surface area contributed by atoms with Crippen LogP contribution in [0.4, 0.5) is 0 Å². The minimum atomic E-state index is 0.355. The van der Waals surface area contributed by atoms with Gasteiger partial charge in [0.05, 0.1) is 0 Å². The van der Waals surface area contributed by atoms with Gasteiger partial charge in [-0.2, -0.15) is 0 Å². The van der Waals surface area contributed by atoms with Crippen LogP contribution in [-0.2, 0) is 0 Å². The quantitative estimate of drug-likeness (QED) is 0.261. The molecule has 3 saturated carbocycles. The summed E-state index contributed by atoms with van der Waals surface area (Å²) in [5.74, 6) is 17.3. The predicted molar refractivity (Wildman–Crippen MR) is 193 cm³/mol. The van der Waals surface area contributed by atoms with Crippen molar-refractivity contribution >= 4 is 0 Å². The largest absolute Gasteiger partial charge is 0.0651 e. The summed E-state index contributed by atoms with van der Waals surface area (Å²) in [5.41, 5.74) is 0.355. The standard InChI is InChI=1S/C43H82/c1-20-35(38-29(11)30(12)40-27(9)25(7)26(8)28(10)41(40)32(38)14)36(21-24(6)22(2)3)39-31(13)37(23(4)5)33(15)42(34(39)16)43(17,18)19/h22-42H,20-21H2,1-19H3. The van der Waals surface area contributed by atoms with Crippen molar-refractivity contribution < 1.29 is 0 Å². The first-order valence-electron chi connectivity index (χ1n) is 19.7. The highest BCUT2D eigenvalue weighted by Crippen LogP contribution is 2.63. The van der Waals surface area contributed by atoms with Crippen molar-refractivity contribution in [2.75, 3.05) is 0 Å². The molecule has 0 aliphatic heterocycles. The topological polar surface area (TPSA) is 0 Å². The molecule has 0 aromatic rings. The minimum Gasteiger partial charge on any atom is -0.0651 e. The molecule has 0 bridgehead atoms. The Hall–Kier alpha value is 0. The molecule has 19 atom stereocenters. The zero-order valence-corrected chi connectivity index (χ0v) is 33.0. The molecule has 19 unspecified atom stereocenters. The smallest absolute Gasteiger partial charge is 0.0308 e. The molecule has 0 heteroatoms. The van der Waals surface area contributed by atoms with E-state index in [0.717, 1.165) is 124 Å². The maximum Gasteiger partial charge on any atom is -0.0308 e. The van der Waals surface area contributed by atoms with Gasteiger partial charge in [-0.15, -0.1) is 0 Å². The molecule has 0 radical (unpaired) electrons. The molecular weight excluding hydrogens is 516 g/mol. The molecule has 0 saturated heterocycles. The monoisotopic (exact) mass is 599 g/mol. The summed E-state index contributed by atoms with van der Waals surface area (Å²) < 4.78 is 0. The fraction of sp³-hybridized carbons (Fsp3) is 1.00. The molecule has 3 fully saturated rings. The van der Waals surface area contributed by atoms with Gasteiger partial charge >= 0.3 is 0 Å². The first-order valence-corrected chi connectivity index (χ1v) is 19.7. The summed E-state index contributed by atoms with van der Waals surface area (Å²) in [6.45, 7) is 49.8. The van der Waals surface area contributed by atoms with Crippen molar-refractivity contribution in [3.05, 3.63) is 0 Å². The summed E-state index contributed by atoms with van der Waals surface area (Å²) in [6, 6.07) is 0. The molecule has 0 aromatic heterocycles. The van der Waals surface area contributed by atoms with Gasteiger partial charge in [-0.3, -0.25) is 0 Å². The van der Waals surface area contributed by atoms with Crippen molar-refractivity contribution in [1.29, 1.82) is 0 Å². The van der Waals surface area contributed by atoms with Crippen LogP contribution < -0.4 is 0 Å². The van der Waals surface area contributed by atoms with E-state index in [2.05, 4.69) is 132 Å². The van der Waals surface area contributed by atoms with Gasteiger partial charge in [-0.25, -0.2) is 0 Å². The van der Waals surface area contributed by atoms with E-state index in [9.17, 15) is 0 Å². The van der Waals surface area contributed by atoms with Crippen molar-refractivity contribution in [2.24, 2.45) is 130 Å². The van der Waals surface area contributed by atoms with E-state index < -0.39 is 0 Å². The Morgan fingerprint density at radius 1 is 0.465 bits per heavy atom. The SMILES string of the molecule is CCC(C(CC(C)C(C)C)C1C(C)C(C(C)C)C(C)C(C(C)(C)C)C1C)C1C(C)C(C)C2C(C)C(C)C(C)C(C)C2C1C. The summed E-state index contributed by atoms with van der Waals surface area (Å²) in [4.78, 5) is 0. The van der Waals surface area contributed by atoms with E-state index in [0.29, 0.717) is 5.41 Å². The number of fused-ring (bicyclic) bond motifs is 1. The number of hydrogen-bond acceptors (Lipinski definition) is 0. The third kappa shape index (κ3) is 6.72. The van der Waals surface area contributed by atoms with Gasteiger partial charge in [-0.05, 0) is 136 Å². The lowest BCUT2D eigenvalue weighted by Crippen LogP contribution is -2.57. The maximum atomic E-state index is 2.76. The molecule has 3 aliphatic rings. The third-order valence-corrected chi connectivity index (χ3v) is 16.5. The summed E-state index contributed by atoms with van der Waals surface area (Å²) in [6.07, 6.45) is 2.80. The molecule has 0 aromatic carbocycles. The van der Waals surface area contributed by atoms with E-state index in [-0.39, 0.29) is 0 Å². The lowest BCUT2D eigenvalue weighted by atomic mass is 9.42. The normalized spacial score (nSPS) is 48.2. The lowest BCUT2D eigenvalue weighted by molar-refractivity contribution is -0.148. The van der Waals surface area contributed by atoms with Gasteiger partial charge in [0, 0.05) is 0 Å². The van der Waals surface area contributed by atoms with Crippen molar-refractivity contribution in [1.82, 2.24) is 0 Å². The minimum absolute atomic E-state index is 0.355. The van der Waals surface area contributed by atoms with Gasteiger partial charge in [0.1, 0.15) is 0 Å². The fourth-order valence-electron chi connectivity index (χ4n) is 14.2. The van der Waals surface area contributed by atoms with Crippen LogP contribution >= 0.6 is 0 Å². The fourth-order valence-corrected chi connectivity index (χ4v) is 14.2. The van der Waals surface area contributed by atoms with Gasteiger partial charge in [0.2, 0.25) is 0 Å². The summed E-state index contributed by atoms with van der Waals surface area (Å²) >= 11 is 0. The lowest BCUT2D eigenvalue weighted by Gasteiger charge is -2.63. The second kappa shape index (κ2) is 14.0. The van der Waals surface area contributed by atoms with E-state index >= 15 is 0 Å². The predicted octanol–water partition coefficient (Wildman–Crippen LogP) is 13.1. The Balaban J connectivity index is 2.17. The van der Waals surface area contributed by atoms with Crippen molar-refractivity contribution in [2.45, 2.75) is 144 Å². The van der Waals surface area contributed by atoms with Gasteiger partial charge in [0.25, 0.3) is 0 Å². The highest BCUT2D eigenvalue weighted by atomic mass is 14.6. The second-order valence-corrected chi connectivity index (χ2v) is 19.8. The number of hydrogen-bond donors (Lipinski definition) is 0. The first-order chi connectivity index (χ1) is 19.7. The first kappa shape index (κ1) is 37.5. The van der Waals surface area contributed by atoms with E-state index in [1.165, 1.54) is 12.8 Å². The molecule has 0 N–H and O–H groups in total. The Bertz CT molecular complexity index is 860. The van der Waals surface area contributed by atoms with Crippen LogP contribution in [0.2, 0.25) is 0 Å². The van der Waals surface area contributed by atoms with Crippen LogP contribution in [0.5, 0.6) is 0 Å². The molecule has 0 nitrogen and oxygen atoms in total. The maximum absolute atomic E-state index is 2.76. The average Bonchev–Trinajstić information content (AvgIpc) is 2.88. The Kier molecular flexibility index (Phi) is 12.2. The van der Waals surface area contributed by atoms with Crippen LogP contribution in [0.1, 0.15) is 144 Å². The molecule has 3 aliphatic carbocycles. The van der Waals surface area contributed by atoms with Crippen LogP contribution in [-0.4, -0.2) is 0 Å². The van der Waals surface area contributed by atoms with Gasteiger partial charge < -0.3 is 0 Å². The molecule has 3 rings (SSSR count). The highest BCUT2D eigenvalue weighted by Gasteiger charge is 2.58. The Labute approximate surface area is 273 Å². The highest BCUT2D eigenvalue weighted by molar-refractivity contribution is 5.06. The van der Waals surface area contributed by atoms with E-state index in [4.69, 9.17) is 0 Å². The van der Waals surface area contributed by atoms with E-state index in [1.807, 2.05) is 0 Å². The van der Waals surface area contributed by atoms with Crippen molar-refractivity contribution in [3.8, 4) is 0 Å². The van der Waals surface area contributed by atoms with Gasteiger partial charge in [0.15, 0.2) is 0 Å². The summed E-state index contributed by atoms with van der Waals surface area (Å²) in [5, 5.41) is 0. The molecule has 0 amide bonds. The Morgan fingerprint density at radius 3 is 1.30 bits per heavy atom. The van der Waals surface area contributed by atoms with Crippen molar-refractivity contribution in [3.63, 3.8) is 0 Å². The Morgan fingerprint density at radius 2 is 0.884 bits per heavy atom. The third-order valence-electron chi connectivity index (χ3n) is 16.5. The molecule has 43 heavy (non-hydrogen) atoms. The number of rotatable bonds is 8. The van der Waals surface area contributed by atoms with E-state index in [1.54, 1.807) is 0 Å². The summed E-state index contributed by atoms with van der Waals surface area (Å²) in [7, 11) is 0. The van der Waals surface area contributed by atoms with Crippen LogP contribution in [0.25, 0.3) is 0 Å². The van der Waals surface area contributed by atoms with Crippen LogP contribution in [0.3, 0.4) is 0 Å². The molecule has 0 heterocycles.